The molecule has 5 unspecified atom stereocenters. The zero-order valence-electron chi connectivity index (χ0n) is 16.8. The monoisotopic (exact) mass is 380 g/mol. The van der Waals surface area contributed by atoms with E-state index in [4.69, 9.17) is 0 Å². The third-order valence-corrected chi connectivity index (χ3v) is 8.49. The molecule has 3 saturated carbocycles. The van der Waals surface area contributed by atoms with Gasteiger partial charge in [0, 0.05) is 5.92 Å². The van der Waals surface area contributed by atoms with Crippen molar-refractivity contribution in [2.45, 2.75) is 108 Å². The van der Waals surface area contributed by atoms with Gasteiger partial charge >= 0.3 is 0 Å². The van der Waals surface area contributed by atoms with Crippen LogP contribution in [-0.4, -0.2) is 23.6 Å². The van der Waals surface area contributed by atoms with Crippen LogP contribution in [-0.2, 0) is 0 Å². The van der Waals surface area contributed by atoms with Crippen molar-refractivity contribution in [1.82, 2.24) is 0 Å². The Balaban J connectivity index is 1.24. The lowest BCUT2D eigenvalue weighted by Crippen LogP contribution is -2.42. The maximum Gasteiger partial charge on any atom is 0.157 e. The highest BCUT2D eigenvalue weighted by Gasteiger charge is 2.41. The SMILES string of the molecule is OC1CCC(C2=CCC(C3CCC(CC4CCCC4)CC3)CC2)C(F)C1F. The summed E-state index contributed by atoms with van der Waals surface area (Å²) in [4.78, 5) is 0. The first kappa shape index (κ1) is 19.9. The first-order chi connectivity index (χ1) is 13.1. The molecule has 0 aliphatic heterocycles. The maximum absolute atomic E-state index is 14.4. The van der Waals surface area contributed by atoms with E-state index < -0.39 is 18.4 Å². The summed E-state index contributed by atoms with van der Waals surface area (Å²) in [6.45, 7) is 0. The van der Waals surface area contributed by atoms with E-state index in [0.717, 1.165) is 48.5 Å². The van der Waals surface area contributed by atoms with Crippen LogP contribution >= 0.6 is 0 Å². The van der Waals surface area contributed by atoms with Gasteiger partial charge < -0.3 is 5.11 Å². The highest BCUT2D eigenvalue weighted by Crippen LogP contribution is 2.45. The van der Waals surface area contributed by atoms with E-state index in [1.165, 1.54) is 57.8 Å². The van der Waals surface area contributed by atoms with E-state index in [0.29, 0.717) is 12.8 Å². The van der Waals surface area contributed by atoms with Gasteiger partial charge in [-0.1, -0.05) is 50.2 Å². The number of rotatable bonds is 4. The van der Waals surface area contributed by atoms with Crippen LogP contribution in [0.15, 0.2) is 11.6 Å². The molecule has 0 aromatic carbocycles. The molecule has 4 aliphatic carbocycles. The average Bonchev–Trinajstić information content (AvgIpc) is 3.20. The molecule has 0 aromatic heterocycles. The Labute approximate surface area is 164 Å². The van der Waals surface area contributed by atoms with Crippen molar-refractivity contribution in [2.24, 2.45) is 29.6 Å². The average molecular weight is 381 g/mol. The number of allylic oxidation sites excluding steroid dienone is 2. The number of halogens is 2. The molecule has 0 saturated heterocycles. The molecule has 3 fully saturated rings. The molecule has 0 aromatic rings. The van der Waals surface area contributed by atoms with Crippen LogP contribution in [0.5, 0.6) is 0 Å². The zero-order chi connectivity index (χ0) is 18.8. The van der Waals surface area contributed by atoms with Crippen molar-refractivity contribution < 1.29 is 13.9 Å². The summed E-state index contributed by atoms with van der Waals surface area (Å²) in [7, 11) is 0. The van der Waals surface area contributed by atoms with Crippen molar-refractivity contribution in [1.29, 1.82) is 0 Å². The van der Waals surface area contributed by atoms with E-state index in [2.05, 4.69) is 6.08 Å². The Morgan fingerprint density at radius 1 is 0.778 bits per heavy atom. The van der Waals surface area contributed by atoms with E-state index in [9.17, 15) is 13.9 Å². The fourth-order valence-corrected chi connectivity index (χ4v) is 6.75. The third kappa shape index (κ3) is 4.60. The molecule has 3 heteroatoms. The van der Waals surface area contributed by atoms with Crippen molar-refractivity contribution in [2.75, 3.05) is 0 Å². The van der Waals surface area contributed by atoms with Gasteiger partial charge in [0.05, 0.1) is 6.10 Å². The Hall–Kier alpha value is -0.440. The van der Waals surface area contributed by atoms with Crippen LogP contribution < -0.4 is 0 Å². The van der Waals surface area contributed by atoms with Gasteiger partial charge in [0.15, 0.2) is 6.17 Å². The second kappa shape index (κ2) is 8.93. The predicted octanol–water partition coefficient (Wildman–Crippen LogP) is 6.55. The summed E-state index contributed by atoms with van der Waals surface area (Å²) < 4.78 is 28.2. The molecule has 0 heterocycles. The summed E-state index contributed by atoms with van der Waals surface area (Å²) in [5.41, 5.74) is 1.14. The van der Waals surface area contributed by atoms with Gasteiger partial charge in [0.2, 0.25) is 0 Å². The van der Waals surface area contributed by atoms with E-state index >= 15 is 0 Å². The molecule has 0 spiro atoms. The minimum atomic E-state index is -1.70. The van der Waals surface area contributed by atoms with Gasteiger partial charge in [-0.2, -0.15) is 0 Å². The molecule has 4 aliphatic rings. The number of aliphatic hydroxyl groups excluding tert-OH is 1. The Morgan fingerprint density at radius 2 is 1.48 bits per heavy atom. The normalized spacial score (nSPS) is 44.3. The van der Waals surface area contributed by atoms with Crippen LogP contribution in [0.3, 0.4) is 0 Å². The number of aliphatic hydroxyl groups is 1. The molecule has 4 rings (SSSR count). The fraction of sp³-hybridized carbons (Fsp3) is 0.917. The zero-order valence-corrected chi connectivity index (χ0v) is 16.8. The minimum Gasteiger partial charge on any atom is -0.390 e. The summed E-state index contributed by atoms with van der Waals surface area (Å²) in [6, 6.07) is 0. The molecule has 0 amide bonds. The van der Waals surface area contributed by atoms with Crippen molar-refractivity contribution >= 4 is 0 Å². The second-order valence-electron chi connectivity index (χ2n) is 10.1. The first-order valence-electron chi connectivity index (χ1n) is 11.8. The summed E-state index contributed by atoms with van der Waals surface area (Å²) >= 11 is 0. The molecular formula is C24H38F2O. The van der Waals surface area contributed by atoms with Crippen LogP contribution in [0.1, 0.15) is 89.9 Å². The fourth-order valence-electron chi connectivity index (χ4n) is 6.75. The smallest absolute Gasteiger partial charge is 0.157 e. The van der Waals surface area contributed by atoms with Crippen LogP contribution in [0.4, 0.5) is 8.78 Å². The van der Waals surface area contributed by atoms with E-state index in [1.807, 2.05) is 0 Å². The summed E-state index contributed by atoms with van der Waals surface area (Å²) in [5.74, 6) is 3.32. The summed E-state index contributed by atoms with van der Waals surface area (Å²) in [6.07, 6.45) is 15.1. The van der Waals surface area contributed by atoms with Crippen LogP contribution in [0.2, 0.25) is 0 Å². The minimum absolute atomic E-state index is 0.286. The topological polar surface area (TPSA) is 20.2 Å². The van der Waals surface area contributed by atoms with Gasteiger partial charge in [-0.3, -0.25) is 0 Å². The van der Waals surface area contributed by atoms with E-state index in [-0.39, 0.29) is 5.92 Å². The van der Waals surface area contributed by atoms with Gasteiger partial charge in [-0.25, -0.2) is 8.78 Å². The van der Waals surface area contributed by atoms with Gasteiger partial charge in [0.25, 0.3) is 0 Å². The highest BCUT2D eigenvalue weighted by molar-refractivity contribution is 5.15. The molecular weight excluding hydrogens is 342 g/mol. The lowest BCUT2D eigenvalue weighted by molar-refractivity contribution is -0.0272. The number of alkyl halides is 2. The van der Waals surface area contributed by atoms with Crippen molar-refractivity contribution in [3.63, 3.8) is 0 Å². The largest absolute Gasteiger partial charge is 0.390 e. The standard InChI is InChI=1S/C24H38F2O/c25-23-21(13-14-22(27)24(23)26)20-11-9-19(10-12-20)18-7-5-17(6-8-18)15-16-3-1-2-4-16/h11,16-19,21-24,27H,1-10,12-15H2. The van der Waals surface area contributed by atoms with Gasteiger partial charge in [0.1, 0.15) is 6.17 Å². The number of hydrogen-bond donors (Lipinski definition) is 1. The van der Waals surface area contributed by atoms with Gasteiger partial charge in [-0.15, -0.1) is 0 Å². The Kier molecular flexibility index (Phi) is 6.57. The second-order valence-corrected chi connectivity index (χ2v) is 10.1. The van der Waals surface area contributed by atoms with Gasteiger partial charge in [-0.05, 0) is 75.0 Å². The lowest BCUT2D eigenvalue weighted by Gasteiger charge is -2.39. The van der Waals surface area contributed by atoms with Crippen LogP contribution in [0, 0.1) is 29.6 Å². The molecule has 0 radical (unpaired) electrons. The number of hydrogen-bond acceptors (Lipinski definition) is 1. The maximum atomic E-state index is 14.4. The first-order valence-corrected chi connectivity index (χ1v) is 11.8. The molecule has 1 nitrogen and oxygen atoms in total. The molecule has 5 atom stereocenters. The highest BCUT2D eigenvalue weighted by atomic mass is 19.2. The lowest BCUT2D eigenvalue weighted by atomic mass is 9.68. The molecule has 27 heavy (non-hydrogen) atoms. The molecule has 0 bridgehead atoms. The summed E-state index contributed by atoms with van der Waals surface area (Å²) in [5, 5.41) is 9.55. The predicted molar refractivity (Wildman–Crippen MR) is 106 cm³/mol. The van der Waals surface area contributed by atoms with Crippen LogP contribution in [0.25, 0.3) is 0 Å². The van der Waals surface area contributed by atoms with E-state index in [1.54, 1.807) is 0 Å². The Morgan fingerprint density at radius 3 is 2.15 bits per heavy atom. The Bertz CT molecular complexity index is 505. The quantitative estimate of drug-likeness (QED) is 0.549. The molecule has 154 valence electrons. The van der Waals surface area contributed by atoms with Crippen molar-refractivity contribution in [3.8, 4) is 0 Å². The third-order valence-electron chi connectivity index (χ3n) is 8.49. The molecule has 1 N–H and O–H groups in total. The van der Waals surface area contributed by atoms with Crippen molar-refractivity contribution in [3.05, 3.63) is 11.6 Å².